The topological polar surface area (TPSA) is 249 Å². The van der Waals surface area contributed by atoms with Crippen LogP contribution in [0.1, 0.15) is 27.6 Å². The second kappa shape index (κ2) is 38.3. The number of aromatic nitrogens is 8. The number of nitrogens with zero attached hydrogens (tertiary/aromatic N) is 9. The minimum Gasteiger partial charge on any atom is -0.292 e. The third-order valence-electron chi connectivity index (χ3n) is 21.8. The Morgan fingerprint density at radius 1 is 0.354 bits per heavy atom. The van der Waals surface area contributed by atoms with Crippen LogP contribution in [0.3, 0.4) is 0 Å². The number of aliphatic hydroxyl groups is 1. The zero-order valence-electron chi connectivity index (χ0n) is 68.8. The molecule has 18 aromatic carbocycles. The fraction of sp³-hybridized carbons (Fsp3) is 0.0192. The molecule has 23 heteroatoms. The molecule has 0 fully saturated rings. The van der Waals surface area contributed by atoms with Gasteiger partial charge >= 0.3 is 62.1 Å². The summed E-state index contributed by atoms with van der Waals surface area (Å²) in [4.78, 5) is 55.3. The Balaban J connectivity index is 0.000000148. The zero-order valence-corrected chi connectivity index (χ0v) is 74.4. The van der Waals surface area contributed by atoms with Gasteiger partial charge in [-0.05, 0) is 165 Å². The van der Waals surface area contributed by atoms with Crippen molar-refractivity contribution >= 4 is 201 Å². The van der Waals surface area contributed by atoms with Gasteiger partial charge in [-0.25, -0.2) is 19.9 Å². The minimum atomic E-state index is -2.95. The second-order valence-electron chi connectivity index (χ2n) is 29.2. The van der Waals surface area contributed by atoms with E-state index in [1.165, 1.54) is 55.1 Å². The first-order valence-corrected chi connectivity index (χ1v) is 51.8. The van der Waals surface area contributed by atoms with Crippen molar-refractivity contribution in [3.8, 4) is 68.3 Å². The summed E-state index contributed by atoms with van der Waals surface area (Å²) in [6, 6.07) is 129. The van der Waals surface area contributed by atoms with Crippen LogP contribution in [0.15, 0.2) is 382 Å². The number of nitrogens with one attached hydrogen (secondary N) is 1. The number of carbonyl (C=O) groups is 2. The molecular weight excluding hydrogens is 1640 g/mol. The molecule has 127 heavy (non-hydrogen) atoms. The molecule has 606 valence electrons. The Bertz CT molecular complexity index is 8190. The molecular formula is C104H72N10Na2O9S2. The van der Waals surface area contributed by atoms with Gasteiger partial charge in [0.25, 0.3) is 5.69 Å². The van der Waals surface area contributed by atoms with Crippen LogP contribution in [0.5, 0.6) is 0 Å². The molecule has 19 nitrogen and oxygen atoms in total. The fourth-order valence-electron chi connectivity index (χ4n) is 16.5. The Hall–Kier alpha value is -14.5. The van der Waals surface area contributed by atoms with Crippen LogP contribution in [0.2, 0.25) is 0 Å². The van der Waals surface area contributed by atoms with Crippen LogP contribution in [0.25, 0.3) is 177 Å². The summed E-state index contributed by atoms with van der Waals surface area (Å²) in [5.41, 5.74) is 18.7. The summed E-state index contributed by atoms with van der Waals surface area (Å²) in [6.45, 7) is 1.93. The monoisotopic (exact) mass is 1710 g/mol. The van der Waals surface area contributed by atoms with Gasteiger partial charge < -0.3 is 10.4 Å². The number of carbonyl (C=O) groups excluding carboxylic acids is 2. The maximum absolute atomic E-state index is 11.7. The van der Waals surface area contributed by atoms with Crippen molar-refractivity contribution in [2.75, 3.05) is 11.9 Å². The number of aldehydes is 2. The number of nitro groups is 1. The molecule has 0 saturated carbocycles. The molecule has 22 aromatic rings. The summed E-state index contributed by atoms with van der Waals surface area (Å²) in [7, 11) is -5.90. The van der Waals surface area contributed by atoms with Gasteiger partial charge in [-0.2, -0.15) is 16.8 Å². The van der Waals surface area contributed by atoms with Crippen molar-refractivity contribution in [3.05, 3.63) is 403 Å². The van der Waals surface area contributed by atoms with Crippen molar-refractivity contribution in [1.29, 1.82) is 0 Å². The molecule has 0 atom stereocenters. The van der Waals surface area contributed by atoms with Crippen LogP contribution >= 0.6 is 0 Å². The van der Waals surface area contributed by atoms with Gasteiger partial charge in [0.05, 0.1) is 49.1 Å². The Labute approximate surface area is 758 Å². The van der Waals surface area contributed by atoms with Gasteiger partial charge in [0.1, 0.15) is 41.6 Å². The third-order valence-corrected chi connectivity index (χ3v) is 22.7. The van der Waals surface area contributed by atoms with Crippen LogP contribution < -0.4 is 5.32 Å². The molecule has 0 aliphatic rings. The van der Waals surface area contributed by atoms with Crippen molar-refractivity contribution in [2.45, 2.75) is 6.92 Å². The summed E-state index contributed by atoms with van der Waals surface area (Å²) in [6.07, 6.45) is 1.71. The number of nitro benzene ring substituents is 1. The van der Waals surface area contributed by atoms with E-state index in [-0.39, 0.29) is 12.3 Å². The molecule has 0 radical (unpaired) electrons. The molecule has 0 spiro atoms. The average molecular weight is 1720 g/mol. The predicted molar refractivity (Wildman–Crippen MR) is 514 cm³/mol. The largest absolute Gasteiger partial charge is 0.292 e. The van der Waals surface area contributed by atoms with Crippen LogP contribution in [0, 0.1) is 10.1 Å². The van der Waals surface area contributed by atoms with Crippen molar-refractivity contribution in [1.82, 2.24) is 38.2 Å². The van der Waals surface area contributed by atoms with E-state index in [9.17, 15) is 19.7 Å². The number of aliphatic hydroxyl groups excluding tert-OH is 1. The molecule has 0 unspecified atom stereocenters. The minimum absolute atomic E-state index is 0.0753. The predicted octanol–water partition coefficient (Wildman–Crippen LogP) is 23.2. The maximum atomic E-state index is 11.7. The van der Waals surface area contributed by atoms with E-state index < -0.39 is 23.5 Å². The first-order chi connectivity index (χ1) is 62.4. The average Bonchev–Trinajstić information content (AvgIpc) is 1.57. The van der Waals surface area contributed by atoms with Crippen LogP contribution in [-0.4, -0.2) is 128 Å². The van der Waals surface area contributed by atoms with Crippen LogP contribution in [0.4, 0.5) is 17.1 Å². The smallest absolute Gasteiger partial charge is 0.146 e. The van der Waals surface area contributed by atoms with Crippen molar-refractivity contribution in [3.63, 3.8) is 0 Å². The van der Waals surface area contributed by atoms with E-state index in [1.807, 2.05) is 97.1 Å². The van der Waals surface area contributed by atoms with E-state index in [1.54, 1.807) is 25.1 Å². The van der Waals surface area contributed by atoms with E-state index in [0.29, 0.717) is 16.8 Å². The zero-order chi connectivity index (χ0) is 87.6. The van der Waals surface area contributed by atoms with Crippen molar-refractivity contribution < 1.29 is 36.5 Å². The number of imidazole rings is 4. The first kappa shape index (κ1) is 84.7. The molecule has 2 N–H and O–H groups in total. The summed E-state index contributed by atoms with van der Waals surface area (Å²) < 4.78 is 45.5. The number of anilines is 2. The summed E-state index contributed by atoms with van der Waals surface area (Å²) in [5.74, 6) is 3.50. The van der Waals surface area contributed by atoms with E-state index in [2.05, 4.69) is 284 Å². The van der Waals surface area contributed by atoms with Gasteiger partial charge in [-0.3, -0.25) is 38.0 Å². The quantitative estimate of drug-likeness (QED) is 0.0358. The molecule has 0 amide bonds. The van der Waals surface area contributed by atoms with E-state index in [4.69, 9.17) is 41.9 Å². The number of hydrogen-bond acceptors (Lipinski definition) is 14. The molecule has 0 bridgehead atoms. The Morgan fingerprint density at radius 2 is 0.693 bits per heavy atom. The molecule has 4 heterocycles. The molecule has 4 aromatic heterocycles. The van der Waals surface area contributed by atoms with Crippen molar-refractivity contribution in [2.24, 2.45) is 0 Å². The number of benzene rings is 18. The summed E-state index contributed by atoms with van der Waals surface area (Å²) >= 11 is 2.89. The van der Waals surface area contributed by atoms with Gasteiger partial charge in [0.15, 0.2) is 0 Å². The molecule has 0 aliphatic carbocycles. The standard InChI is InChI=1S/C57H36N6.C33H20N2O2.C12H10N2O2.C2H6O.2Na.O4S2/c1-4-19-40(20-5-1)61-51-29-14-12-27-49(51)58-55(61)38-31-33-44-47(35-38)48-36-39(56-59-50-28-13-15-30-52(50)62(56)41-21-6-2-7-22-41)32-34-45(48)54-53(44)60-57(63(54)42-23-8-3-9-24-42)46-26-16-18-37-17-10-11-25-43(37)46;36-19-21-13-15-26-29(17-21)30-18-22(20-37)14-16-27(30)32-31(26)34-33(35(32)24-9-2-1-3-10-24)28-12-6-8-23-7-4-5-11-25(23)28;15-14(16)12-9-5-4-8-11(12)13-10-6-2-1-3-7-10;1-2-3;;;1-5(2)6(3)4/h1-36H;1-20H;1-9,13H;3H,2H2,1H3;;;. The third kappa shape index (κ3) is 17.0. The van der Waals surface area contributed by atoms with Gasteiger partial charge in [0, 0.05) is 96.0 Å². The number of hydrogen-bond donors (Lipinski definition) is 2. The Morgan fingerprint density at radius 3 is 1.13 bits per heavy atom. The molecule has 0 aliphatic heterocycles. The van der Waals surface area contributed by atoms with Crippen LogP contribution in [-0.2, 0) is 18.5 Å². The number of rotatable bonds is 13. The summed E-state index contributed by atoms with van der Waals surface area (Å²) in [5, 5.41) is 34.0. The van der Waals surface area contributed by atoms with E-state index in [0.717, 1.165) is 190 Å². The maximum Gasteiger partial charge on any atom is 0.146 e. The first-order valence-electron chi connectivity index (χ1n) is 41.1. The number of para-hydroxylation sites is 11. The normalized spacial score (nSPS) is 11.0. The SMILES string of the molecule is CCO.O=Cc1ccc2c(c1)c1cc(C=O)ccc1c1c2nc(-c2cccc3ccccc23)n1-c1ccccc1.O=S(=O)=S(=O)=O.O=[N+]([O-])c1ccccc1Nc1ccccc1.[Na][Na].c1ccc(-n2c(-c3ccc4c(c3)c3cc(-c5nc6ccccc6n5-c5ccccc5)ccc3c3c4nc(-c4cccc5ccccc45)n3-c3ccccc3)nc3ccccc32)cc1. The molecule has 22 rings (SSSR count). The fourth-order valence-corrected chi connectivity index (χ4v) is 16.5. The van der Waals surface area contributed by atoms with E-state index >= 15 is 0 Å². The Kier molecular flexibility index (Phi) is 25.6. The van der Waals surface area contributed by atoms with Gasteiger partial charge in [-0.15, -0.1) is 0 Å². The van der Waals surface area contributed by atoms with Gasteiger partial charge in [0.2, 0.25) is 0 Å². The second-order valence-corrected chi connectivity index (χ2v) is 31.7. The number of fused-ring (bicyclic) bond motifs is 16. The van der Waals surface area contributed by atoms with Gasteiger partial charge in [-0.1, -0.05) is 261 Å². The molecule has 0 saturated heterocycles.